The van der Waals surface area contributed by atoms with Crippen molar-refractivity contribution in [2.24, 2.45) is 0 Å². The number of rotatable bonds is 6. The quantitative estimate of drug-likeness (QED) is 0.843. The Kier molecular flexibility index (Phi) is 4.70. The molecule has 0 aliphatic heterocycles. The molecule has 0 unspecified atom stereocenters. The molecule has 0 atom stereocenters. The molecule has 2 aromatic rings. The van der Waals surface area contributed by atoms with Crippen molar-refractivity contribution in [3.63, 3.8) is 0 Å². The summed E-state index contributed by atoms with van der Waals surface area (Å²) in [6.45, 7) is 5.02. The van der Waals surface area contributed by atoms with Gasteiger partial charge in [-0.15, -0.1) is 0 Å². The van der Waals surface area contributed by atoms with Gasteiger partial charge >= 0.3 is 0 Å². The van der Waals surface area contributed by atoms with Crippen LogP contribution in [0.15, 0.2) is 29.0 Å². The third-order valence-electron chi connectivity index (χ3n) is 2.73. The van der Waals surface area contributed by atoms with Crippen LogP contribution in [0.3, 0.4) is 0 Å². The number of carbonyl (C=O) groups is 1. The zero-order valence-electron chi connectivity index (χ0n) is 11.6. The molecule has 2 aromatic heterocycles. The maximum Gasteiger partial charge on any atom is 0.253 e. The highest BCUT2D eigenvalue weighted by molar-refractivity contribution is 5.99. The minimum Gasteiger partial charge on any atom is -0.383 e. The summed E-state index contributed by atoms with van der Waals surface area (Å²) in [5, 5.41) is 9.77. The number of hydrogen-bond acceptors (Lipinski definition) is 5. The number of nitrogens with one attached hydrogen (secondary N) is 2. The summed E-state index contributed by atoms with van der Waals surface area (Å²) in [5.74, 6) is 0.466. The molecular weight excluding hydrogens is 256 g/mol. The van der Waals surface area contributed by atoms with E-state index < -0.39 is 0 Å². The average Bonchev–Trinajstić information content (AvgIpc) is 2.88. The molecule has 2 N–H and O–H groups in total. The summed E-state index contributed by atoms with van der Waals surface area (Å²) in [6.07, 6.45) is 4.24. The second kappa shape index (κ2) is 6.70. The Balaban J connectivity index is 2.01. The highest BCUT2D eigenvalue weighted by atomic mass is 16.5. The molecule has 0 aliphatic carbocycles. The molecule has 6 nitrogen and oxygen atoms in total. The Bertz CT molecular complexity index is 580. The predicted molar refractivity (Wildman–Crippen MR) is 75.4 cm³/mol. The van der Waals surface area contributed by atoms with Crippen LogP contribution >= 0.6 is 0 Å². The van der Waals surface area contributed by atoms with E-state index in [1.807, 2.05) is 6.92 Å². The van der Waals surface area contributed by atoms with Crippen molar-refractivity contribution in [3.8, 4) is 0 Å². The van der Waals surface area contributed by atoms with Gasteiger partial charge in [-0.25, -0.2) is 0 Å². The zero-order chi connectivity index (χ0) is 14.4. The average molecular weight is 274 g/mol. The molecule has 20 heavy (non-hydrogen) atoms. The third-order valence-corrected chi connectivity index (χ3v) is 2.73. The molecule has 2 heterocycles. The number of aromatic nitrogens is 2. The van der Waals surface area contributed by atoms with Gasteiger partial charge < -0.3 is 15.2 Å². The standard InChI is InChI=1S/C14H18N4O2/c1-3-5-16-13-9-15-6-4-12(13)14(19)17-8-11-7-10(2)18-20-11/h4,6-7,9,16H,3,5,8H2,1-2H3,(H,17,19). The van der Waals surface area contributed by atoms with Crippen LogP contribution in [-0.4, -0.2) is 22.6 Å². The van der Waals surface area contributed by atoms with E-state index in [2.05, 4.69) is 27.7 Å². The SMILES string of the molecule is CCCNc1cnccc1C(=O)NCc1cc(C)no1. The molecule has 0 aliphatic rings. The van der Waals surface area contributed by atoms with Gasteiger partial charge in [0.15, 0.2) is 5.76 Å². The third kappa shape index (κ3) is 3.57. The van der Waals surface area contributed by atoms with Crippen LogP contribution in [-0.2, 0) is 6.54 Å². The number of aryl methyl sites for hydroxylation is 1. The van der Waals surface area contributed by atoms with Gasteiger partial charge in [0, 0.05) is 18.8 Å². The van der Waals surface area contributed by atoms with Crippen molar-refractivity contribution < 1.29 is 9.32 Å². The highest BCUT2D eigenvalue weighted by Gasteiger charge is 2.11. The van der Waals surface area contributed by atoms with Crippen molar-refractivity contribution in [1.29, 1.82) is 0 Å². The Morgan fingerprint density at radius 1 is 1.45 bits per heavy atom. The van der Waals surface area contributed by atoms with Crippen LogP contribution in [0.25, 0.3) is 0 Å². The number of carbonyl (C=O) groups excluding carboxylic acids is 1. The predicted octanol–water partition coefficient (Wildman–Crippen LogP) is 2.13. The summed E-state index contributed by atoms with van der Waals surface area (Å²) >= 11 is 0. The molecule has 2 rings (SSSR count). The Morgan fingerprint density at radius 2 is 2.30 bits per heavy atom. The Hall–Kier alpha value is -2.37. The van der Waals surface area contributed by atoms with Gasteiger partial charge in [-0.2, -0.15) is 0 Å². The lowest BCUT2D eigenvalue weighted by atomic mass is 10.2. The van der Waals surface area contributed by atoms with Crippen molar-refractivity contribution in [2.45, 2.75) is 26.8 Å². The van der Waals surface area contributed by atoms with Crippen molar-refractivity contribution in [2.75, 3.05) is 11.9 Å². The molecular formula is C14H18N4O2. The molecule has 0 spiro atoms. The van der Waals surface area contributed by atoms with Crippen molar-refractivity contribution in [1.82, 2.24) is 15.5 Å². The van der Waals surface area contributed by atoms with E-state index in [4.69, 9.17) is 4.52 Å². The maximum absolute atomic E-state index is 12.2. The first-order valence-corrected chi connectivity index (χ1v) is 6.59. The van der Waals surface area contributed by atoms with Gasteiger partial charge in [0.2, 0.25) is 0 Å². The van der Waals surface area contributed by atoms with Crippen LogP contribution in [0.2, 0.25) is 0 Å². The Morgan fingerprint density at radius 3 is 3.00 bits per heavy atom. The normalized spacial score (nSPS) is 10.3. The van der Waals surface area contributed by atoms with E-state index in [9.17, 15) is 4.79 Å². The molecule has 0 aromatic carbocycles. The number of amides is 1. The molecule has 0 radical (unpaired) electrons. The zero-order valence-corrected chi connectivity index (χ0v) is 11.6. The van der Waals surface area contributed by atoms with Gasteiger partial charge in [0.1, 0.15) is 0 Å². The second-order valence-electron chi connectivity index (χ2n) is 4.47. The fourth-order valence-corrected chi connectivity index (χ4v) is 1.76. The smallest absolute Gasteiger partial charge is 0.253 e. The lowest BCUT2D eigenvalue weighted by Crippen LogP contribution is -2.24. The van der Waals surface area contributed by atoms with Crippen LogP contribution in [0.4, 0.5) is 5.69 Å². The minimum atomic E-state index is -0.167. The van der Waals surface area contributed by atoms with Gasteiger partial charge in [-0.1, -0.05) is 12.1 Å². The molecule has 1 amide bonds. The van der Waals surface area contributed by atoms with E-state index in [0.29, 0.717) is 17.9 Å². The first-order chi connectivity index (χ1) is 9.70. The maximum atomic E-state index is 12.2. The monoisotopic (exact) mass is 274 g/mol. The van der Waals surface area contributed by atoms with E-state index in [0.717, 1.165) is 24.3 Å². The first kappa shape index (κ1) is 14.0. The second-order valence-corrected chi connectivity index (χ2v) is 4.47. The molecule has 6 heteroatoms. The number of hydrogen-bond donors (Lipinski definition) is 2. The van der Waals surface area contributed by atoms with Crippen molar-refractivity contribution >= 4 is 11.6 Å². The van der Waals surface area contributed by atoms with Gasteiger partial charge in [0.05, 0.1) is 29.7 Å². The largest absolute Gasteiger partial charge is 0.383 e. The van der Waals surface area contributed by atoms with Crippen LogP contribution < -0.4 is 10.6 Å². The molecule has 0 saturated carbocycles. The van der Waals surface area contributed by atoms with E-state index in [1.165, 1.54) is 0 Å². The van der Waals surface area contributed by atoms with Crippen LogP contribution in [0.1, 0.15) is 35.2 Å². The summed E-state index contributed by atoms with van der Waals surface area (Å²) in [5.41, 5.74) is 2.11. The summed E-state index contributed by atoms with van der Waals surface area (Å²) < 4.78 is 5.05. The fourth-order valence-electron chi connectivity index (χ4n) is 1.76. The van der Waals surface area contributed by atoms with E-state index >= 15 is 0 Å². The topological polar surface area (TPSA) is 80.0 Å². The number of nitrogens with zero attached hydrogens (tertiary/aromatic N) is 2. The molecule has 106 valence electrons. The van der Waals surface area contributed by atoms with Gasteiger partial charge in [0.25, 0.3) is 5.91 Å². The molecule has 0 saturated heterocycles. The van der Waals surface area contributed by atoms with Gasteiger partial charge in [-0.3, -0.25) is 9.78 Å². The fraction of sp³-hybridized carbons (Fsp3) is 0.357. The lowest BCUT2D eigenvalue weighted by molar-refractivity contribution is 0.0947. The Labute approximate surface area is 117 Å². The van der Waals surface area contributed by atoms with E-state index in [1.54, 1.807) is 24.5 Å². The molecule has 0 bridgehead atoms. The van der Waals surface area contributed by atoms with Gasteiger partial charge in [-0.05, 0) is 19.4 Å². The number of pyridine rings is 1. The number of anilines is 1. The summed E-state index contributed by atoms with van der Waals surface area (Å²) in [6, 6.07) is 3.49. The van der Waals surface area contributed by atoms with E-state index in [-0.39, 0.29) is 5.91 Å². The lowest BCUT2D eigenvalue weighted by Gasteiger charge is -2.10. The van der Waals surface area contributed by atoms with Crippen LogP contribution in [0, 0.1) is 6.92 Å². The summed E-state index contributed by atoms with van der Waals surface area (Å²) in [7, 11) is 0. The first-order valence-electron chi connectivity index (χ1n) is 6.59. The summed E-state index contributed by atoms with van der Waals surface area (Å²) in [4.78, 5) is 16.2. The van der Waals surface area contributed by atoms with Crippen LogP contribution in [0.5, 0.6) is 0 Å². The highest BCUT2D eigenvalue weighted by Crippen LogP contribution is 2.13. The molecule has 0 fully saturated rings. The minimum absolute atomic E-state index is 0.167. The van der Waals surface area contributed by atoms with Crippen molar-refractivity contribution in [3.05, 3.63) is 41.5 Å².